The van der Waals surface area contributed by atoms with E-state index >= 15 is 0 Å². The van der Waals surface area contributed by atoms with Crippen LogP contribution in [0.5, 0.6) is 0 Å². The van der Waals surface area contributed by atoms with E-state index in [1.807, 2.05) is 18.7 Å². The van der Waals surface area contributed by atoms with E-state index in [9.17, 15) is 4.79 Å². The molecule has 1 aromatic rings. The van der Waals surface area contributed by atoms with Gasteiger partial charge in [-0.25, -0.2) is 4.98 Å². The Labute approximate surface area is 97.9 Å². The fourth-order valence-corrected chi connectivity index (χ4v) is 3.51. The molecule has 0 bridgehead atoms. The fourth-order valence-electron chi connectivity index (χ4n) is 1.59. The number of carbonyl (C=O) groups is 1. The first kappa shape index (κ1) is 11.0. The van der Waals surface area contributed by atoms with E-state index in [4.69, 9.17) is 0 Å². The maximum absolute atomic E-state index is 10.8. The first-order valence-electron chi connectivity index (χ1n) is 5.12. The van der Waals surface area contributed by atoms with Gasteiger partial charge in [-0.1, -0.05) is 18.3 Å². The average molecular weight is 242 g/mol. The number of hydrogen-bond acceptors (Lipinski definition) is 5. The maximum Gasteiger partial charge on any atom is 0.186 e. The quantitative estimate of drug-likeness (QED) is 0.760. The lowest BCUT2D eigenvalue weighted by atomic mass is 10.3. The normalized spacial score (nSPS) is 16.7. The fraction of sp³-hybridized carbons (Fsp3) is 0.600. The minimum Gasteiger partial charge on any atom is -0.346 e. The van der Waals surface area contributed by atoms with Crippen molar-refractivity contribution in [2.75, 3.05) is 29.5 Å². The minimum absolute atomic E-state index is 0.797. The molecule has 0 aromatic carbocycles. The number of aldehydes is 1. The van der Waals surface area contributed by atoms with E-state index in [0.717, 1.165) is 53.0 Å². The Kier molecular flexibility index (Phi) is 3.64. The highest BCUT2D eigenvalue weighted by atomic mass is 32.2. The first-order chi connectivity index (χ1) is 7.35. The summed E-state index contributed by atoms with van der Waals surface area (Å²) in [7, 11) is 0. The van der Waals surface area contributed by atoms with Crippen molar-refractivity contribution in [3.63, 3.8) is 0 Å². The Morgan fingerprint density at radius 3 is 2.73 bits per heavy atom. The van der Waals surface area contributed by atoms with Gasteiger partial charge in [0.1, 0.15) is 0 Å². The molecule has 2 heterocycles. The number of thioether (sulfide) groups is 1. The molecule has 82 valence electrons. The number of aromatic nitrogens is 1. The molecular weight excluding hydrogens is 228 g/mol. The van der Waals surface area contributed by atoms with Crippen molar-refractivity contribution in [1.29, 1.82) is 0 Å². The summed E-state index contributed by atoms with van der Waals surface area (Å²) in [4.78, 5) is 18.4. The topological polar surface area (TPSA) is 33.2 Å². The third-order valence-corrected chi connectivity index (χ3v) is 4.47. The predicted octanol–water partition coefficient (Wildman–Crippen LogP) is 2.07. The summed E-state index contributed by atoms with van der Waals surface area (Å²) >= 11 is 3.51. The van der Waals surface area contributed by atoms with E-state index in [1.54, 1.807) is 0 Å². The van der Waals surface area contributed by atoms with E-state index < -0.39 is 0 Å². The summed E-state index contributed by atoms with van der Waals surface area (Å²) in [6.07, 6.45) is 1.77. The van der Waals surface area contributed by atoms with Crippen LogP contribution in [0.3, 0.4) is 0 Å². The Bertz CT molecular complexity index is 345. The molecule has 1 aliphatic heterocycles. The third kappa shape index (κ3) is 2.34. The van der Waals surface area contributed by atoms with Gasteiger partial charge in [0.25, 0.3) is 0 Å². The van der Waals surface area contributed by atoms with Crippen molar-refractivity contribution in [3.8, 4) is 0 Å². The van der Waals surface area contributed by atoms with Gasteiger partial charge in [0.15, 0.2) is 11.4 Å². The highest BCUT2D eigenvalue weighted by Crippen LogP contribution is 2.27. The van der Waals surface area contributed by atoms with Gasteiger partial charge in [0, 0.05) is 24.6 Å². The maximum atomic E-state index is 10.8. The van der Waals surface area contributed by atoms with Crippen LogP contribution in [0.15, 0.2) is 0 Å². The minimum atomic E-state index is 0.797. The third-order valence-electron chi connectivity index (χ3n) is 2.44. The number of thiazole rings is 1. The van der Waals surface area contributed by atoms with E-state index in [0.29, 0.717) is 0 Å². The second-order valence-corrected chi connectivity index (χ2v) is 5.61. The number of nitrogens with zero attached hydrogens (tertiary/aromatic N) is 2. The zero-order valence-corrected chi connectivity index (χ0v) is 10.4. The molecule has 2 rings (SSSR count). The van der Waals surface area contributed by atoms with Crippen LogP contribution >= 0.6 is 23.1 Å². The summed E-state index contributed by atoms with van der Waals surface area (Å²) in [5.74, 6) is 2.33. The van der Waals surface area contributed by atoms with Crippen LogP contribution in [0.1, 0.15) is 22.3 Å². The van der Waals surface area contributed by atoms with E-state index in [2.05, 4.69) is 9.88 Å². The van der Waals surface area contributed by atoms with Crippen molar-refractivity contribution >= 4 is 34.5 Å². The van der Waals surface area contributed by atoms with Crippen molar-refractivity contribution < 1.29 is 4.79 Å². The summed E-state index contributed by atoms with van der Waals surface area (Å²) in [6.45, 7) is 4.15. The van der Waals surface area contributed by atoms with Crippen molar-refractivity contribution in [2.45, 2.75) is 13.3 Å². The lowest BCUT2D eigenvalue weighted by Gasteiger charge is -2.25. The number of hydrogen-bond donors (Lipinski definition) is 0. The zero-order chi connectivity index (χ0) is 10.7. The Balaban J connectivity index is 2.19. The lowest BCUT2D eigenvalue weighted by molar-refractivity contribution is 0.112. The van der Waals surface area contributed by atoms with Crippen LogP contribution in [0.4, 0.5) is 5.13 Å². The van der Waals surface area contributed by atoms with Crippen LogP contribution in [0.25, 0.3) is 0 Å². The van der Waals surface area contributed by atoms with Gasteiger partial charge in [0.2, 0.25) is 0 Å². The summed E-state index contributed by atoms with van der Waals surface area (Å²) < 4.78 is 0. The predicted molar refractivity (Wildman–Crippen MR) is 66.4 cm³/mol. The molecule has 3 nitrogen and oxygen atoms in total. The Morgan fingerprint density at radius 2 is 2.20 bits per heavy atom. The average Bonchev–Trinajstić information content (AvgIpc) is 2.73. The standard InChI is InChI=1S/C10H14N2OS2/c1-2-8-9(7-13)15-10(11-8)12-3-5-14-6-4-12/h7H,2-6H2,1H3. The SMILES string of the molecule is CCc1nc(N2CCSCC2)sc1C=O. The van der Waals surface area contributed by atoms with Gasteiger partial charge in [-0.05, 0) is 6.42 Å². The van der Waals surface area contributed by atoms with Crippen LogP contribution in [0, 0.1) is 0 Å². The van der Waals surface area contributed by atoms with E-state index in [1.165, 1.54) is 11.3 Å². The zero-order valence-electron chi connectivity index (χ0n) is 8.73. The van der Waals surface area contributed by atoms with Crippen molar-refractivity contribution in [3.05, 3.63) is 10.6 Å². The van der Waals surface area contributed by atoms with E-state index in [-0.39, 0.29) is 0 Å². The molecule has 5 heteroatoms. The summed E-state index contributed by atoms with van der Waals surface area (Å²) in [5.41, 5.74) is 0.947. The van der Waals surface area contributed by atoms with Gasteiger partial charge in [-0.15, -0.1) is 0 Å². The van der Waals surface area contributed by atoms with Gasteiger partial charge in [-0.3, -0.25) is 4.79 Å². The number of carbonyl (C=O) groups excluding carboxylic acids is 1. The second kappa shape index (κ2) is 4.99. The molecular formula is C10H14N2OS2. The van der Waals surface area contributed by atoms with Gasteiger partial charge in [0.05, 0.1) is 10.6 Å². The Morgan fingerprint density at radius 1 is 1.47 bits per heavy atom. The molecule has 0 aliphatic carbocycles. The van der Waals surface area contributed by atoms with Crippen molar-refractivity contribution in [1.82, 2.24) is 4.98 Å². The molecule has 0 unspecified atom stereocenters. The van der Waals surface area contributed by atoms with Gasteiger partial charge >= 0.3 is 0 Å². The molecule has 0 radical (unpaired) electrons. The van der Waals surface area contributed by atoms with Crippen LogP contribution in [0.2, 0.25) is 0 Å². The number of rotatable bonds is 3. The van der Waals surface area contributed by atoms with Crippen LogP contribution < -0.4 is 4.90 Å². The van der Waals surface area contributed by atoms with Gasteiger partial charge in [-0.2, -0.15) is 11.8 Å². The first-order valence-corrected chi connectivity index (χ1v) is 7.10. The molecule has 1 saturated heterocycles. The molecule has 1 aromatic heterocycles. The molecule has 15 heavy (non-hydrogen) atoms. The van der Waals surface area contributed by atoms with Crippen LogP contribution in [-0.2, 0) is 6.42 Å². The molecule has 0 atom stereocenters. The molecule has 0 spiro atoms. The lowest BCUT2D eigenvalue weighted by Crippen LogP contribution is -2.32. The Hall–Kier alpha value is -0.550. The molecule has 1 fully saturated rings. The smallest absolute Gasteiger partial charge is 0.186 e. The number of anilines is 1. The molecule has 0 N–H and O–H groups in total. The molecule has 0 amide bonds. The second-order valence-electron chi connectivity index (χ2n) is 3.38. The van der Waals surface area contributed by atoms with Crippen molar-refractivity contribution in [2.24, 2.45) is 0 Å². The highest BCUT2D eigenvalue weighted by Gasteiger charge is 2.17. The molecule has 0 saturated carbocycles. The summed E-state index contributed by atoms with van der Waals surface area (Å²) in [5, 5.41) is 1.02. The monoisotopic (exact) mass is 242 g/mol. The highest BCUT2D eigenvalue weighted by molar-refractivity contribution is 7.99. The largest absolute Gasteiger partial charge is 0.346 e. The molecule has 1 aliphatic rings. The van der Waals surface area contributed by atoms with Gasteiger partial charge < -0.3 is 4.90 Å². The summed E-state index contributed by atoms with van der Waals surface area (Å²) in [6, 6.07) is 0. The van der Waals surface area contributed by atoms with Crippen LogP contribution in [-0.4, -0.2) is 35.9 Å². The number of aryl methyl sites for hydroxylation is 1.